The Morgan fingerprint density at radius 2 is 1.48 bits per heavy atom. The van der Waals surface area contributed by atoms with Crippen molar-refractivity contribution in [3.63, 3.8) is 0 Å². The second-order valence-electron chi connectivity index (χ2n) is 5.23. The molecule has 5 heteroatoms. The topological polar surface area (TPSA) is 55.6 Å². The van der Waals surface area contributed by atoms with Crippen molar-refractivity contribution in [1.29, 1.82) is 0 Å². The second-order valence-corrected chi connectivity index (χ2v) is 5.23. The van der Waals surface area contributed by atoms with Crippen LogP contribution in [0.2, 0.25) is 0 Å². The van der Waals surface area contributed by atoms with Crippen LogP contribution in [0.3, 0.4) is 0 Å². The molecule has 0 radical (unpaired) electrons. The van der Waals surface area contributed by atoms with Crippen LogP contribution in [0.15, 0.2) is 79.5 Å². The van der Waals surface area contributed by atoms with Crippen molar-refractivity contribution in [2.24, 2.45) is 0 Å². The number of imidazole rings is 1. The lowest BCUT2D eigenvalue weighted by Crippen LogP contribution is -2.21. The summed E-state index contributed by atoms with van der Waals surface area (Å²) < 4.78 is 1.85. The van der Waals surface area contributed by atoms with Crippen LogP contribution in [0.4, 0.5) is 0 Å². The van der Waals surface area contributed by atoms with Crippen LogP contribution in [-0.2, 0) is 0 Å². The first-order valence-electron chi connectivity index (χ1n) is 7.41. The van der Waals surface area contributed by atoms with E-state index in [2.05, 4.69) is 44.6 Å². The standard InChI is InChI=1S/C18H15N5/c1-3-7-14(8-4-1)17(15-9-5-2-6-10-15)22-23-13-21-16-11-19-12-20-18(16)23/h1-13,17,22H. The number of nitrogens with zero attached hydrogens (tertiary/aromatic N) is 4. The monoisotopic (exact) mass is 301 g/mol. The number of fused-ring (bicyclic) bond motifs is 1. The van der Waals surface area contributed by atoms with E-state index in [0.717, 1.165) is 11.2 Å². The van der Waals surface area contributed by atoms with Crippen LogP contribution < -0.4 is 5.43 Å². The third-order valence-electron chi connectivity index (χ3n) is 3.75. The molecule has 0 spiro atoms. The van der Waals surface area contributed by atoms with Gasteiger partial charge in [0.2, 0.25) is 0 Å². The summed E-state index contributed by atoms with van der Waals surface area (Å²) in [5, 5.41) is 0. The van der Waals surface area contributed by atoms with E-state index in [1.54, 1.807) is 12.5 Å². The van der Waals surface area contributed by atoms with Gasteiger partial charge in [0.1, 0.15) is 18.2 Å². The van der Waals surface area contributed by atoms with Crippen LogP contribution in [0.1, 0.15) is 17.2 Å². The Morgan fingerprint density at radius 3 is 2.13 bits per heavy atom. The largest absolute Gasteiger partial charge is 0.311 e. The van der Waals surface area contributed by atoms with Gasteiger partial charge in [0.25, 0.3) is 0 Å². The van der Waals surface area contributed by atoms with E-state index in [1.807, 2.05) is 41.1 Å². The third-order valence-corrected chi connectivity index (χ3v) is 3.75. The number of aromatic nitrogens is 4. The van der Waals surface area contributed by atoms with Gasteiger partial charge in [0.05, 0.1) is 12.2 Å². The van der Waals surface area contributed by atoms with Crippen LogP contribution in [0.5, 0.6) is 0 Å². The van der Waals surface area contributed by atoms with Gasteiger partial charge in [-0.3, -0.25) is 0 Å². The minimum absolute atomic E-state index is 0.00441. The lowest BCUT2D eigenvalue weighted by molar-refractivity contribution is 0.765. The van der Waals surface area contributed by atoms with Crippen molar-refractivity contribution in [3.05, 3.63) is 90.6 Å². The molecule has 0 aliphatic rings. The molecule has 0 aliphatic heterocycles. The van der Waals surface area contributed by atoms with Gasteiger partial charge in [-0.2, -0.15) is 0 Å². The Bertz CT molecular complexity index is 863. The molecular weight excluding hydrogens is 286 g/mol. The minimum Gasteiger partial charge on any atom is -0.311 e. The van der Waals surface area contributed by atoms with Crippen molar-refractivity contribution >= 4 is 11.2 Å². The summed E-state index contributed by atoms with van der Waals surface area (Å²) in [5.41, 5.74) is 7.37. The molecular formula is C18H15N5. The molecule has 0 amide bonds. The molecule has 0 fully saturated rings. The Balaban J connectivity index is 1.77. The molecule has 5 nitrogen and oxygen atoms in total. The molecule has 0 saturated heterocycles. The van der Waals surface area contributed by atoms with Gasteiger partial charge in [0.15, 0.2) is 5.65 Å². The molecule has 4 rings (SSSR count). The summed E-state index contributed by atoms with van der Waals surface area (Å²) in [7, 11) is 0. The molecule has 2 aromatic carbocycles. The highest BCUT2D eigenvalue weighted by atomic mass is 15.4. The fourth-order valence-corrected chi connectivity index (χ4v) is 2.63. The van der Waals surface area contributed by atoms with Crippen molar-refractivity contribution < 1.29 is 0 Å². The van der Waals surface area contributed by atoms with Gasteiger partial charge >= 0.3 is 0 Å². The molecule has 2 heterocycles. The van der Waals surface area contributed by atoms with Crippen LogP contribution >= 0.6 is 0 Å². The normalized spacial score (nSPS) is 11.0. The summed E-state index contributed by atoms with van der Waals surface area (Å²) in [6, 6.07) is 20.7. The lowest BCUT2D eigenvalue weighted by Gasteiger charge is -2.21. The number of hydrogen-bond acceptors (Lipinski definition) is 4. The van der Waals surface area contributed by atoms with E-state index in [9.17, 15) is 0 Å². The Labute approximate surface area is 133 Å². The molecule has 0 bridgehead atoms. The summed E-state index contributed by atoms with van der Waals surface area (Å²) in [5.74, 6) is 0. The average molecular weight is 301 g/mol. The van der Waals surface area contributed by atoms with Gasteiger partial charge in [0, 0.05) is 0 Å². The molecule has 0 saturated carbocycles. The molecule has 1 N–H and O–H groups in total. The number of rotatable bonds is 4. The fraction of sp³-hybridized carbons (Fsp3) is 0.0556. The molecule has 0 unspecified atom stereocenters. The SMILES string of the molecule is c1ccc(C(Nn2cnc3cncnc32)c2ccccc2)cc1. The third kappa shape index (κ3) is 2.64. The quantitative estimate of drug-likeness (QED) is 0.629. The summed E-state index contributed by atoms with van der Waals surface area (Å²) in [4.78, 5) is 12.6. The lowest BCUT2D eigenvalue weighted by atomic mass is 9.99. The zero-order chi connectivity index (χ0) is 15.5. The van der Waals surface area contributed by atoms with Crippen molar-refractivity contribution in [1.82, 2.24) is 19.6 Å². The van der Waals surface area contributed by atoms with E-state index >= 15 is 0 Å². The minimum atomic E-state index is 0.00441. The highest BCUT2D eigenvalue weighted by Crippen LogP contribution is 2.23. The summed E-state index contributed by atoms with van der Waals surface area (Å²) in [6.07, 6.45) is 4.97. The predicted octanol–water partition coefficient (Wildman–Crippen LogP) is 3.16. The zero-order valence-corrected chi connectivity index (χ0v) is 12.4. The number of hydrogen-bond donors (Lipinski definition) is 1. The second kappa shape index (κ2) is 5.88. The number of nitrogens with one attached hydrogen (secondary N) is 1. The van der Waals surface area contributed by atoms with Gasteiger partial charge < -0.3 is 5.43 Å². The van der Waals surface area contributed by atoms with Crippen molar-refractivity contribution in [3.8, 4) is 0 Å². The first-order chi connectivity index (χ1) is 11.4. The van der Waals surface area contributed by atoms with Crippen LogP contribution in [0.25, 0.3) is 11.2 Å². The first kappa shape index (κ1) is 13.5. The van der Waals surface area contributed by atoms with E-state index < -0.39 is 0 Å². The highest BCUT2D eigenvalue weighted by Gasteiger charge is 2.15. The summed E-state index contributed by atoms with van der Waals surface area (Å²) in [6.45, 7) is 0. The van der Waals surface area contributed by atoms with Gasteiger partial charge in [-0.15, -0.1) is 0 Å². The zero-order valence-electron chi connectivity index (χ0n) is 12.4. The molecule has 0 atom stereocenters. The molecule has 0 aliphatic carbocycles. The number of benzene rings is 2. The maximum Gasteiger partial charge on any atom is 0.181 e. The first-order valence-corrected chi connectivity index (χ1v) is 7.41. The van der Waals surface area contributed by atoms with E-state index in [4.69, 9.17) is 0 Å². The smallest absolute Gasteiger partial charge is 0.181 e. The van der Waals surface area contributed by atoms with Gasteiger partial charge in [-0.05, 0) is 11.1 Å². The van der Waals surface area contributed by atoms with Crippen LogP contribution in [-0.4, -0.2) is 19.6 Å². The maximum atomic E-state index is 4.33. The van der Waals surface area contributed by atoms with Crippen molar-refractivity contribution in [2.45, 2.75) is 6.04 Å². The van der Waals surface area contributed by atoms with Gasteiger partial charge in [-0.25, -0.2) is 19.6 Å². The molecule has 112 valence electrons. The Morgan fingerprint density at radius 1 is 0.826 bits per heavy atom. The fourth-order valence-electron chi connectivity index (χ4n) is 2.63. The molecule has 4 aromatic rings. The highest BCUT2D eigenvalue weighted by molar-refractivity contribution is 5.69. The van der Waals surface area contributed by atoms with Crippen molar-refractivity contribution in [2.75, 3.05) is 5.43 Å². The van der Waals surface area contributed by atoms with Crippen LogP contribution in [0, 0.1) is 0 Å². The van der Waals surface area contributed by atoms with Gasteiger partial charge in [-0.1, -0.05) is 60.7 Å². The summed E-state index contributed by atoms with van der Waals surface area (Å²) >= 11 is 0. The molecule has 2 aromatic heterocycles. The Hall–Kier alpha value is -3.21. The van der Waals surface area contributed by atoms with E-state index in [-0.39, 0.29) is 6.04 Å². The molecule has 23 heavy (non-hydrogen) atoms. The Kier molecular flexibility index (Phi) is 3.44. The van der Waals surface area contributed by atoms with E-state index in [1.165, 1.54) is 17.5 Å². The maximum absolute atomic E-state index is 4.33. The average Bonchev–Trinajstić information content (AvgIpc) is 3.04. The predicted molar refractivity (Wildman–Crippen MR) is 89.4 cm³/mol. The van der Waals surface area contributed by atoms with E-state index in [0.29, 0.717) is 0 Å².